The van der Waals surface area contributed by atoms with E-state index in [1.165, 1.54) is 11.8 Å². The Balaban J connectivity index is 1.97. The number of anilines is 1. The average Bonchev–Trinajstić information content (AvgIpc) is 2.63. The Morgan fingerprint density at radius 2 is 1.76 bits per heavy atom. The van der Waals surface area contributed by atoms with Gasteiger partial charge in [0.25, 0.3) is 5.91 Å². The third-order valence-electron chi connectivity index (χ3n) is 3.52. The second kappa shape index (κ2) is 7.72. The lowest BCUT2D eigenvalue weighted by Gasteiger charge is -2.09. The summed E-state index contributed by atoms with van der Waals surface area (Å²) in [6, 6.07) is 18.2. The Bertz CT molecular complexity index is 953. The number of rotatable bonds is 4. The number of hydrogen-bond donors (Lipinski definition) is 1. The van der Waals surface area contributed by atoms with Crippen molar-refractivity contribution in [3.05, 3.63) is 81.1 Å². The fourth-order valence-electron chi connectivity index (χ4n) is 2.31. The molecule has 0 aliphatic carbocycles. The molecule has 3 rings (SSSR count). The second-order valence-electron chi connectivity index (χ2n) is 5.17. The van der Waals surface area contributed by atoms with Gasteiger partial charge in [-0.15, -0.1) is 11.8 Å². The first-order chi connectivity index (χ1) is 12.1. The lowest BCUT2D eigenvalue weighted by Crippen LogP contribution is -2.22. The van der Waals surface area contributed by atoms with Gasteiger partial charge in [-0.1, -0.05) is 46.3 Å². The van der Waals surface area contributed by atoms with Crippen LogP contribution in [0.4, 0.5) is 5.69 Å². The molecule has 1 amide bonds. The highest BCUT2D eigenvalue weighted by Gasteiger charge is 2.19. The molecule has 4 nitrogen and oxygen atoms in total. The summed E-state index contributed by atoms with van der Waals surface area (Å²) in [6.45, 7) is 0. The van der Waals surface area contributed by atoms with Crippen LogP contribution in [0.2, 0.25) is 0 Å². The molecule has 0 bridgehead atoms. The van der Waals surface area contributed by atoms with E-state index in [-0.39, 0.29) is 5.56 Å². The quantitative estimate of drug-likeness (QED) is 0.606. The van der Waals surface area contributed by atoms with Gasteiger partial charge in [0, 0.05) is 20.6 Å². The van der Waals surface area contributed by atoms with Crippen LogP contribution >= 0.6 is 27.7 Å². The van der Waals surface area contributed by atoms with Crippen LogP contribution in [0, 0.1) is 0 Å². The smallest absolute Gasteiger partial charge is 0.350 e. The van der Waals surface area contributed by atoms with E-state index in [9.17, 15) is 9.59 Å². The normalized spacial score (nSPS) is 10.5. The van der Waals surface area contributed by atoms with E-state index in [1.807, 2.05) is 48.7 Å². The fraction of sp³-hybridized carbons (Fsp3) is 0.0526. The Morgan fingerprint density at radius 1 is 1.08 bits per heavy atom. The van der Waals surface area contributed by atoms with Crippen molar-refractivity contribution in [1.82, 2.24) is 0 Å². The van der Waals surface area contributed by atoms with E-state index in [4.69, 9.17) is 4.42 Å². The predicted molar refractivity (Wildman–Crippen MR) is 104 cm³/mol. The molecule has 0 atom stereocenters. The molecule has 0 unspecified atom stereocenters. The van der Waals surface area contributed by atoms with Crippen molar-refractivity contribution < 1.29 is 9.21 Å². The summed E-state index contributed by atoms with van der Waals surface area (Å²) in [5.74, 6) is -0.0461. The molecule has 0 aliphatic heterocycles. The first kappa shape index (κ1) is 17.5. The van der Waals surface area contributed by atoms with E-state index in [2.05, 4.69) is 21.2 Å². The molecular formula is C19H14BrNO3S. The van der Waals surface area contributed by atoms with Crippen molar-refractivity contribution in [2.75, 3.05) is 11.6 Å². The van der Waals surface area contributed by atoms with E-state index < -0.39 is 11.5 Å². The van der Waals surface area contributed by atoms with Gasteiger partial charge in [-0.25, -0.2) is 4.79 Å². The first-order valence-corrected chi connectivity index (χ1v) is 9.44. The molecule has 2 aromatic carbocycles. The van der Waals surface area contributed by atoms with Crippen LogP contribution < -0.4 is 10.9 Å². The zero-order chi connectivity index (χ0) is 17.8. The molecule has 0 radical (unpaired) electrons. The molecule has 0 spiro atoms. The minimum absolute atomic E-state index is 0.00935. The molecule has 126 valence electrons. The summed E-state index contributed by atoms with van der Waals surface area (Å²) in [4.78, 5) is 25.6. The number of carbonyl (C=O) groups is 1. The predicted octanol–water partition coefficient (Wildman–Crippen LogP) is 5.04. The van der Waals surface area contributed by atoms with Crippen LogP contribution in [0.3, 0.4) is 0 Å². The molecule has 3 aromatic rings. The lowest BCUT2D eigenvalue weighted by molar-refractivity contribution is 0.102. The Labute approximate surface area is 157 Å². The number of nitrogens with one attached hydrogen (secondary N) is 1. The number of amides is 1. The van der Waals surface area contributed by atoms with Gasteiger partial charge >= 0.3 is 5.63 Å². The summed E-state index contributed by atoms with van der Waals surface area (Å²) in [5.41, 5.74) is 0.747. The summed E-state index contributed by atoms with van der Waals surface area (Å²) in [7, 11) is 0. The SMILES string of the molecule is CSc1cc(-c2ccccc2)oc(=O)c1C(=O)Nc1ccc(Br)cc1. The molecule has 0 saturated heterocycles. The third kappa shape index (κ3) is 4.03. The van der Waals surface area contributed by atoms with Gasteiger partial charge in [0.2, 0.25) is 0 Å². The second-order valence-corrected chi connectivity index (χ2v) is 6.93. The topological polar surface area (TPSA) is 59.3 Å². The zero-order valence-corrected chi connectivity index (χ0v) is 15.7. The average molecular weight is 416 g/mol. The highest BCUT2D eigenvalue weighted by atomic mass is 79.9. The number of carbonyl (C=O) groups excluding carboxylic acids is 1. The number of thioether (sulfide) groups is 1. The molecule has 0 fully saturated rings. The van der Waals surface area contributed by atoms with Gasteiger partial charge in [-0.2, -0.15) is 0 Å². The van der Waals surface area contributed by atoms with E-state index in [1.54, 1.807) is 18.2 Å². The van der Waals surface area contributed by atoms with Crippen molar-refractivity contribution in [2.45, 2.75) is 4.90 Å². The first-order valence-electron chi connectivity index (χ1n) is 7.43. The highest BCUT2D eigenvalue weighted by Crippen LogP contribution is 2.26. The van der Waals surface area contributed by atoms with Crippen molar-refractivity contribution in [1.29, 1.82) is 0 Å². The minimum Gasteiger partial charge on any atom is -0.422 e. The molecule has 0 saturated carbocycles. The van der Waals surface area contributed by atoms with Crippen molar-refractivity contribution in [2.24, 2.45) is 0 Å². The van der Waals surface area contributed by atoms with Crippen LogP contribution in [0.5, 0.6) is 0 Å². The van der Waals surface area contributed by atoms with Crippen LogP contribution in [0.15, 0.2) is 79.2 Å². The van der Waals surface area contributed by atoms with Gasteiger partial charge in [-0.05, 0) is 36.6 Å². The monoisotopic (exact) mass is 415 g/mol. The molecule has 1 heterocycles. The number of hydrogen-bond acceptors (Lipinski definition) is 4. The maximum Gasteiger partial charge on any atom is 0.350 e. The summed E-state index contributed by atoms with van der Waals surface area (Å²) >= 11 is 4.67. The molecule has 1 aromatic heterocycles. The zero-order valence-electron chi connectivity index (χ0n) is 13.3. The summed E-state index contributed by atoms with van der Waals surface area (Å²) in [5, 5.41) is 2.73. The summed E-state index contributed by atoms with van der Waals surface area (Å²) < 4.78 is 6.28. The van der Waals surface area contributed by atoms with Crippen LogP contribution in [-0.2, 0) is 0 Å². The largest absolute Gasteiger partial charge is 0.422 e. The van der Waals surface area contributed by atoms with Crippen molar-refractivity contribution in [3.63, 3.8) is 0 Å². The van der Waals surface area contributed by atoms with Gasteiger partial charge in [0.1, 0.15) is 11.3 Å². The van der Waals surface area contributed by atoms with Gasteiger partial charge in [0.15, 0.2) is 0 Å². The highest BCUT2D eigenvalue weighted by molar-refractivity contribution is 9.10. The summed E-state index contributed by atoms with van der Waals surface area (Å²) in [6.07, 6.45) is 1.82. The molecular weight excluding hydrogens is 402 g/mol. The standard InChI is InChI=1S/C19H14BrNO3S/c1-25-16-11-15(12-5-3-2-4-6-12)24-19(23)17(16)18(22)21-14-9-7-13(20)8-10-14/h2-11H,1H3,(H,21,22). The van der Waals surface area contributed by atoms with Crippen LogP contribution in [-0.4, -0.2) is 12.2 Å². The Kier molecular flexibility index (Phi) is 5.40. The Hall–Kier alpha value is -2.31. The van der Waals surface area contributed by atoms with E-state index >= 15 is 0 Å². The van der Waals surface area contributed by atoms with E-state index in [0.29, 0.717) is 16.3 Å². The third-order valence-corrected chi connectivity index (χ3v) is 4.81. The molecule has 0 aliphatic rings. The fourth-order valence-corrected chi connectivity index (χ4v) is 3.18. The minimum atomic E-state index is -0.652. The maximum absolute atomic E-state index is 12.6. The van der Waals surface area contributed by atoms with Crippen molar-refractivity contribution in [3.8, 4) is 11.3 Å². The van der Waals surface area contributed by atoms with Gasteiger partial charge < -0.3 is 9.73 Å². The van der Waals surface area contributed by atoms with Crippen molar-refractivity contribution >= 4 is 39.3 Å². The number of benzene rings is 2. The molecule has 6 heteroatoms. The number of halogens is 1. The molecule has 1 N–H and O–H groups in total. The lowest BCUT2D eigenvalue weighted by atomic mass is 10.1. The van der Waals surface area contributed by atoms with E-state index in [0.717, 1.165) is 10.0 Å². The van der Waals surface area contributed by atoms with Crippen LogP contribution in [0.25, 0.3) is 11.3 Å². The maximum atomic E-state index is 12.6. The van der Waals surface area contributed by atoms with Gasteiger partial charge in [0.05, 0.1) is 0 Å². The Morgan fingerprint density at radius 3 is 2.40 bits per heavy atom. The van der Waals surface area contributed by atoms with Gasteiger partial charge in [-0.3, -0.25) is 4.79 Å². The van der Waals surface area contributed by atoms with Crippen LogP contribution in [0.1, 0.15) is 10.4 Å². The molecule has 25 heavy (non-hydrogen) atoms.